The van der Waals surface area contributed by atoms with E-state index in [0.29, 0.717) is 17.2 Å². The van der Waals surface area contributed by atoms with Crippen LogP contribution in [0.5, 0.6) is 0 Å². The number of fused-ring (bicyclic) bond motifs is 1. The molecule has 1 aromatic carbocycles. The van der Waals surface area contributed by atoms with Crippen LogP contribution < -0.4 is 4.90 Å². The molecule has 108 valence electrons. The summed E-state index contributed by atoms with van der Waals surface area (Å²) in [5.74, 6) is 0.436. The third kappa shape index (κ3) is 2.23. The third-order valence-corrected chi connectivity index (χ3v) is 4.98. The lowest BCUT2D eigenvalue weighted by atomic mass is 9.85. The molecule has 1 heterocycles. The fourth-order valence-electron chi connectivity index (χ4n) is 3.89. The molecule has 2 unspecified atom stereocenters. The van der Waals surface area contributed by atoms with E-state index in [1.165, 1.54) is 45.1 Å². The van der Waals surface area contributed by atoms with Crippen LogP contribution in [0.3, 0.4) is 0 Å². The Kier molecular flexibility index (Phi) is 3.53. The first-order chi connectivity index (χ1) is 9.58. The minimum Gasteiger partial charge on any atom is -0.368 e. The second-order valence-corrected chi connectivity index (χ2v) is 6.27. The molecule has 0 amide bonds. The van der Waals surface area contributed by atoms with Crippen LogP contribution in [-0.4, -0.2) is 18.4 Å². The van der Waals surface area contributed by atoms with Gasteiger partial charge in [-0.15, -0.1) is 0 Å². The molecule has 1 aliphatic heterocycles. The van der Waals surface area contributed by atoms with Crippen molar-refractivity contribution >= 4 is 11.5 Å². The molecular formula is C17H22FNO. The highest BCUT2D eigenvalue weighted by Gasteiger charge is 2.36. The summed E-state index contributed by atoms with van der Waals surface area (Å²) in [6.45, 7) is 4.31. The predicted molar refractivity (Wildman–Crippen MR) is 78.9 cm³/mol. The molecule has 2 aliphatic rings. The van der Waals surface area contributed by atoms with Gasteiger partial charge in [0, 0.05) is 23.8 Å². The van der Waals surface area contributed by atoms with Gasteiger partial charge in [-0.05, 0) is 56.7 Å². The first-order valence-electron chi connectivity index (χ1n) is 7.65. The van der Waals surface area contributed by atoms with Crippen LogP contribution in [0.2, 0.25) is 0 Å². The van der Waals surface area contributed by atoms with E-state index in [0.717, 1.165) is 18.2 Å². The van der Waals surface area contributed by atoms with Gasteiger partial charge in [0.25, 0.3) is 0 Å². The van der Waals surface area contributed by atoms with E-state index >= 15 is 0 Å². The zero-order valence-electron chi connectivity index (χ0n) is 12.3. The highest BCUT2D eigenvalue weighted by molar-refractivity contribution is 6.00. The van der Waals surface area contributed by atoms with Gasteiger partial charge in [-0.3, -0.25) is 4.79 Å². The Bertz CT molecular complexity index is 540. The lowest BCUT2D eigenvalue weighted by Gasteiger charge is -2.34. The Hall–Kier alpha value is -1.38. The van der Waals surface area contributed by atoms with Crippen molar-refractivity contribution < 1.29 is 9.18 Å². The summed E-state index contributed by atoms with van der Waals surface area (Å²) in [5, 5.41) is 0. The summed E-state index contributed by atoms with van der Waals surface area (Å²) in [5.41, 5.74) is 2.12. The molecule has 1 saturated carbocycles. The molecule has 0 N–H and O–H groups in total. The van der Waals surface area contributed by atoms with Gasteiger partial charge in [0.15, 0.2) is 5.78 Å². The Morgan fingerprint density at radius 3 is 2.75 bits per heavy atom. The van der Waals surface area contributed by atoms with Gasteiger partial charge in [-0.1, -0.05) is 12.8 Å². The molecule has 0 bridgehead atoms. The maximum atomic E-state index is 13.8. The van der Waals surface area contributed by atoms with Crippen molar-refractivity contribution in [3.63, 3.8) is 0 Å². The van der Waals surface area contributed by atoms with Crippen molar-refractivity contribution in [1.29, 1.82) is 0 Å². The number of rotatable bonds is 2. The molecule has 3 heteroatoms. The topological polar surface area (TPSA) is 20.3 Å². The number of carbonyl (C=O) groups excluding carboxylic acids is 1. The van der Waals surface area contributed by atoms with Crippen molar-refractivity contribution in [3.8, 4) is 0 Å². The van der Waals surface area contributed by atoms with Gasteiger partial charge in [-0.2, -0.15) is 0 Å². The minimum atomic E-state index is -0.279. The Balaban J connectivity index is 2.01. The summed E-state index contributed by atoms with van der Waals surface area (Å²) in [7, 11) is 0. The number of ketones is 1. The fraction of sp³-hybridized carbons (Fsp3) is 0.588. The first kappa shape index (κ1) is 13.6. The number of hydrogen-bond donors (Lipinski definition) is 0. The van der Waals surface area contributed by atoms with E-state index in [2.05, 4.69) is 4.90 Å². The molecule has 0 aromatic heterocycles. The number of halogens is 1. The van der Waals surface area contributed by atoms with E-state index < -0.39 is 0 Å². The Morgan fingerprint density at radius 2 is 2.00 bits per heavy atom. The number of Topliss-reactive ketones (excluding diaryl/α,β-unsaturated/α-hetero) is 1. The molecule has 1 aliphatic carbocycles. The summed E-state index contributed by atoms with van der Waals surface area (Å²) >= 11 is 0. The van der Waals surface area contributed by atoms with Crippen LogP contribution in [0.1, 0.15) is 54.9 Å². The van der Waals surface area contributed by atoms with Crippen molar-refractivity contribution in [1.82, 2.24) is 0 Å². The smallest absolute Gasteiger partial charge is 0.161 e. The Morgan fingerprint density at radius 1 is 1.25 bits per heavy atom. The first-order valence-corrected chi connectivity index (χ1v) is 7.65. The van der Waals surface area contributed by atoms with Crippen LogP contribution in [-0.2, 0) is 0 Å². The molecule has 0 spiro atoms. The lowest BCUT2D eigenvalue weighted by Crippen LogP contribution is -2.35. The SMILES string of the molecule is CC(=O)c1cc(F)c(C)cc1N1CCC2CCCCC21. The predicted octanol–water partition coefficient (Wildman–Crippen LogP) is 4.11. The third-order valence-electron chi connectivity index (χ3n) is 4.98. The van der Waals surface area contributed by atoms with Gasteiger partial charge < -0.3 is 4.90 Å². The normalized spacial score (nSPS) is 25.6. The summed E-state index contributed by atoms with van der Waals surface area (Å²) in [6.07, 6.45) is 6.32. The zero-order chi connectivity index (χ0) is 14.3. The molecule has 1 aromatic rings. The monoisotopic (exact) mass is 275 g/mol. The van der Waals surface area contributed by atoms with E-state index in [1.807, 2.05) is 6.07 Å². The van der Waals surface area contributed by atoms with Crippen LogP contribution in [0, 0.1) is 18.7 Å². The number of nitrogens with zero attached hydrogens (tertiary/aromatic N) is 1. The molecular weight excluding hydrogens is 253 g/mol. The fourth-order valence-corrected chi connectivity index (χ4v) is 3.89. The number of carbonyl (C=O) groups is 1. The highest BCUT2D eigenvalue weighted by atomic mass is 19.1. The summed E-state index contributed by atoms with van der Waals surface area (Å²) in [4.78, 5) is 14.2. The minimum absolute atomic E-state index is 0.0434. The molecule has 3 rings (SSSR count). The number of benzene rings is 1. The number of hydrogen-bond acceptors (Lipinski definition) is 2. The van der Waals surface area contributed by atoms with Gasteiger partial charge in [-0.25, -0.2) is 4.39 Å². The van der Waals surface area contributed by atoms with E-state index in [-0.39, 0.29) is 11.6 Å². The van der Waals surface area contributed by atoms with Crippen molar-refractivity contribution in [2.75, 3.05) is 11.4 Å². The molecule has 1 saturated heterocycles. The average molecular weight is 275 g/mol. The van der Waals surface area contributed by atoms with Crippen LogP contribution in [0.15, 0.2) is 12.1 Å². The van der Waals surface area contributed by atoms with Crippen molar-refractivity contribution in [3.05, 3.63) is 29.1 Å². The highest BCUT2D eigenvalue weighted by Crippen LogP contribution is 2.40. The second-order valence-electron chi connectivity index (χ2n) is 6.27. The lowest BCUT2D eigenvalue weighted by molar-refractivity contribution is 0.101. The number of anilines is 1. The summed E-state index contributed by atoms with van der Waals surface area (Å²) in [6, 6.07) is 3.83. The number of aryl methyl sites for hydroxylation is 1. The maximum absolute atomic E-state index is 13.8. The molecule has 2 fully saturated rings. The van der Waals surface area contributed by atoms with Gasteiger partial charge in [0.1, 0.15) is 5.82 Å². The van der Waals surface area contributed by atoms with Gasteiger partial charge >= 0.3 is 0 Å². The van der Waals surface area contributed by atoms with E-state index in [4.69, 9.17) is 0 Å². The van der Waals surface area contributed by atoms with Crippen molar-refractivity contribution in [2.24, 2.45) is 5.92 Å². The zero-order valence-corrected chi connectivity index (χ0v) is 12.3. The standard InChI is InChI=1S/C17H22FNO/c1-11-9-17(14(12(2)20)10-15(11)18)19-8-7-13-5-3-4-6-16(13)19/h9-10,13,16H,3-8H2,1-2H3. The molecule has 0 radical (unpaired) electrons. The van der Waals surface area contributed by atoms with Crippen molar-refractivity contribution in [2.45, 2.75) is 52.0 Å². The van der Waals surface area contributed by atoms with E-state index in [1.54, 1.807) is 6.92 Å². The molecule has 2 atom stereocenters. The van der Waals surface area contributed by atoms with Crippen LogP contribution in [0.25, 0.3) is 0 Å². The summed E-state index contributed by atoms with van der Waals surface area (Å²) < 4.78 is 13.8. The van der Waals surface area contributed by atoms with Gasteiger partial charge in [0.2, 0.25) is 0 Å². The van der Waals surface area contributed by atoms with Gasteiger partial charge in [0.05, 0.1) is 0 Å². The molecule has 2 nitrogen and oxygen atoms in total. The largest absolute Gasteiger partial charge is 0.368 e. The van der Waals surface area contributed by atoms with E-state index in [9.17, 15) is 9.18 Å². The maximum Gasteiger partial charge on any atom is 0.161 e. The molecule has 20 heavy (non-hydrogen) atoms. The van der Waals surface area contributed by atoms with Crippen LogP contribution >= 0.6 is 0 Å². The second kappa shape index (κ2) is 5.19. The average Bonchev–Trinajstić information content (AvgIpc) is 2.85. The quantitative estimate of drug-likeness (QED) is 0.757. The Labute approximate surface area is 120 Å². The van der Waals surface area contributed by atoms with Crippen LogP contribution in [0.4, 0.5) is 10.1 Å².